The van der Waals surface area contributed by atoms with E-state index in [1.807, 2.05) is 42.5 Å². The van der Waals surface area contributed by atoms with Crippen molar-refractivity contribution in [3.63, 3.8) is 0 Å². The standard InChI is InChI=1S/C19H19ClN4O3S/c1-26-16-7-2-3-8-17(16)27-10-9-21-18(25)12-28-19-23-22-13-24(19)15-6-4-5-14(20)11-15/h2-8,11,13H,9-10,12H2,1H3,(H,21,25). The highest BCUT2D eigenvalue weighted by atomic mass is 35.5. The molecule has 0 saturated heterocycles. The molecule has 3 aromatic rings. The third-order valence-corrected chi connectivity index (χ3v) is 4.86. The van der Waals surface area contributed by atoms with Crippen molar-refractivity contribution in [2.45, 2.75) is 5.16 Å². The molecule has 0 aliphatic heterocycles. The maximum Gasteiger partial charge on any atom is 0.230 e. The summed E-state index contributed by atoms with van der Waals surface area (Å²) in [6, 6.07) is 14.7. The van der Waals surface area contributed by atoms with Gasteiger partial charge in [0.05, 0.1) is 25.1 Å². The van der Waals surface area contributed by atoms with Crippen molar-refractivity contribution < 1.29 is 14.3 Å². The Balaban J connectivity index is 1.45. The van der Waals surface area contributed by atoms with E-state index in [9.17, 15) is 4.79 Å². The fourth-order valence-corrected chi connectivity index (χ4v) is 3.34. The van der Waals surface area contributed by atoms with Crippen LogP contribution in [0.15, 0.2) is 60.0 Å². The number of carbonyl (C=O) groups is 1. The maximum absolute atomic E-state index is 12.1. The zero-order valence-electron chi connectivity index (χ0n) is 15.2. The van der Waals surface area contributed by atoms with Gasteiger partial charge in [-0.25, -0.2) is 0 Å². The smallest absolute Gasteiger partial charge is 0.230 e. The van der Waals surface area contributed by atoms with Gasteiger partial charge in [-0.05, 0) is 30.3 Å². The highest BCUT2D eigenvalue weighted by Crippen LogP contribution is 2.25. The third-order valence-electron chi connectivity index (χ3n) is 3.69. The molecule has 28 heavy (non-hydrogen) atoms. The summed E-state index contributed by atoms with van der Waals surface area (Å²) in [7, 11) is 1.59. The lowest BCUT2D eigenvalue weighted by atomic mass is 10.3. The number of aromatic nitrogens is 3. The Morgan fingerprint density at radius 2 is 2.04 bits per heavy atom. The summed E-state index contributed by atoms with van der Waals surface area (Å²) in [5.74, 6) is 1.40. The van der Waals surface area contributed by atoms with Crippen molar-refractivity contribution in [3.8, 4) is 17.2 Å². The van der Waals surface area contributed by atoms with Crippen LogP contribution in [-0.4, -0.2) is 46.7 Å². The van der Waals surface area contributed by atoms with E-state index in [0.29, 0.717) is 34.8 Å². The van der Waals surface area contributed by atoms with Crippen LogP contribution in [0.5, 0.6) is 11.5 Å². The van der Waals surface area contributed by atoms with Gasteiger partial charge in [0, 0.05) is 5.02 Å². The van der Waals surface area contributed by atoms with Crippen molar-refractivity contribution in [2.24, 2.45) is 0 Å². The van der Waals surface area contributed by atoms with Crippen LogP contribution in [-0.2, 0) is 4.79 Å². The van der Waals surface area contributed by atoms with E-state index in [2.05, 4.69) is 15.5 Å². The largest absolute Gasteiger partial charge is 0.493 e. The second-order valence-corrected chi connectivity index (χ2v) is 6.98. The van der Waals surface area contributed by atoms with Gasteiger partial charge in [0.2, 0.25) is 5.91 Å². The zero-order valence-corrected chi connectivity index (χ0v) is 16.7. The van der Waals surface area contributed by atoms with Crippen LogP contribution in [0.3, 0.4) is 0 Å². The summed E-state index contributed by atoms with van der Waals surface area (Å²) >= 11 is 7.33. The molecule has 1 heterocycles. The molecule has 0 unspecified atom stereocenters. The van der Waals surface area contributed by atoms with Gasteiger partial charge in [0.15, 0.2) is 16.7 Å². The number of thioether (sulfide) groups is 1. The predicted octanol–water partition coefficient (Wildman–Crippen LogP) is 3.22. The molecule has 0 aliphatic carbocycles. The zero-order chi connectivity index (χ0) is 19.8. The predicted molar refractivity (Wildman–Crippen MR) is 109 cm³/mol. The van der Waals surface area contributed by atoms with Crippen LogP contribution in [0.25, 0.3) is 5.69 Å². The fourth-order valence-electron chi connectivity index (χ4n) is 2.40. The van der Waals surface area contributed by atoms with Crippen molar-refractivity contribution in [3.05, 3.63) is 59.9 Å². The van der Waals surface area contributed by atoms with Crippen molar-refractivity contribution >= 4 is 29.3 Å². The molecule has 3 rings (SSSR count). The van der Waals surface area contributed by atoms with E-state index < -0.39 is 0 Å². The molecular formula is C19H19ClN4O3S. The number of rotatable bonds is 9. The number of hydrogen-bond acceptors (Lipinski definition) is 6. The Labute approximate surface area is 172 Å². The number of methoxy groups -OCH3 is 1. The average molecular weight is 419 g/mol. The lowest BCUT2D eigenvalue weighted by Crippen LogP contribution is -2.29. The van der Waals surface area contributed by atoms with Gasteiger partial charge in [-0.15, -0.1) is 10.2 Å². The fraction of sp³-hybridized carbons (Fsp3) is 0.211. The maximum atomic E-state index is 12.1. The first kappa shape index (κ1) is 20.0. The summed E-state index contributed by atoms with van der Waals surface area (Å²) in [5, 5.41) is 12.0. The van der Waals surface area contributed by atoms with E-state index in [-0.39, 0.29) is 11.7 Å². The van der Waals surface area contributed by atoms with E-state index in [1.165, 1.54) is 11.8 Å². The highest BCUT2D eigenvalue weighted by molar-refractivity contribution is 7.99. The molecule has 7 nitrogen and oxygen atoms in total. The van der Waals surface area contributed by atoms with Crippen molar-refractivity contribution in [1.82, 2.24) is 20.1 Å². The van der Waals surface area contributed by atoms with Gasteiger partial charge in [-0.2, -0.15) is 0 Å². The molecule has 0 aliphatic rings. The summed E-state index contributed by atoms with van der Waals surface area (Å²) in [6.07, 6.45) is 1.59. The third kappa shape index (κ3) is 5.40. The van der Waals surface area contributed by atoms with Crippen molar-refractivity contribution in [1.29, 1.82) is 0 Å². The molecule has 146 valence electrons. The Kier molecular flexibility index (Phi) is 7.16. The van der Waals surface area contributed by atoms with Crippen LogP contribution in [0.2, 0.25) is 5.02 Å². The normalized spacial score (nSPS) is 10.5. The van der Waals surface area contributed by atoms with Gasteiger partial charge < -0.3 is 14.8 Å². The van der Waals surface area contributed by atoms with Crippen molar-refractivity contribution in [2.75, 3.05) is 26.0 Å². The molecule has 0 radical (unpaired) electrons. The number of hydrogen-bond donors (Lipinski definition) is 1. The summed E-state index contributed by atoms with van der Waals surface area (Å²) in [5.41, 5.74) is 0.839. The van der Waals surface area contributed by atoms with Gasteiger partial charge in [-0.3, -0.25) is 9.36 Å². The molecule has 2 aromatic carbocycles. The van der Waals surface area contributed by atoms with Crippen LogP contribution >= 0.6 is 23.4 Å². The van der Waals surface area contributed by atoms with Gasteiger partial charge in [0.25, 0.3) is 0 Å². The summed E-state index contributed by atoms with van der Waals surface area (Å²) in [6.45, 7) is 0.730. The van der Waals surface area contributed by atoms with Crippen LogP contribution in [0, 0.1) is 0 Å². The second-order valence-electron chi connectivity index (χ2n) is 5.60. The number of para-hydroxylation sites is 2. The first-order valence-electron chi connectivity index (χ1n) is 8.48. The molecule has 1 aromatic heterocycles. The average Bonchev–Trinajstić information content (AvgIpc) is 3.18. The number of benzene rings is 2. The SMILES string of the molecule is COc1ccccc1OCCNC(=O)CSc1nncn1-c1cccc(Cl)c1. The first-order valence-corrected chi connectivity index (χ1v) is 9.85. The highest BCUT2D eigenvalue weighted by Gasteiger charge is 2.10. The molecule has 1 amide bonds. The molecule has 0 spiro atoms. The Bertz CT molecular complexity index is 935. The number of nitrogens with one attached hydrogen (secondary N) is 1. The molecule has 1 N–H and O–H groups in total. The Morgan fingerprint density at radius 1 is 1.21 bits per heavy atom. The van der Waals surface area contributed by atoms with Crippen LogP contribution in [0.1, 0.15) is 0 Å². The molecule has 0 saturated carbocycles. The number of nitrogens with zero attached hydrogens (tertiary/aromatic N) is 3. The Morgan fingerprint density at radius 3 is 2.82 bits per heavy atom. The van der Waals surface area contributed by atoms with E-state index in [4.69, 9.17) is 21.1 Å². The monoisotopic (exact) mass is 418 g/mol. The van der Waals surface area contributed by atoms with E-state index in [0.717, 1.165) is 5.69 Å². The van der Waals surface area contributed by atoms with Crippen LogP contribution < -0.4 is 14.8 Å². The number of ether oxygens (including phenoxy) is 2. The minimum absolute atomic E-state index is 0.116. The minimum atomic E-state index is -0.116. The van der Waals surface area contributed by atoms with E-state index >= 15 is 0 Å². The van der Waals surface area contributed by atoms with Gasteiger partial charge in [-0.1, -0.05) is 41.6 Å². The van der Waals surface area contributed by atoms with E-state index in [1.54, 1.807) is 24.1 Å². The van der Waals surface area contributed by atoms with Gasteiger partial charge >= 0.3 is 0 Å². The molecule has 0 atom stereocenters. The molecule has 0 fully saturated rings. The Hall–Kier alpha value is -2.71. The van der Waals surface area contributed by atoms with Crippen LogP contribution in [0.4, 0.5) is 0 Å². The number of amides is 1. The number of carbonyl (C=O) groups excluding carboxylic acids is 1. The lowest BCUT2D eigenvalue weighted by molar-refractivity contribution is -0.118. The second kappa shape index (κ2) is 10.0. The lowest BCUT2D eigenvalue weighted by Gasteiger charge is -2.11. The quantitative estimate of drug-likeness (QED) is 0.424. The number of halogens is 1. The summed E-state index contributed by atoms with van der Waals surface area (Å²) < 4.78 is 12.6. The molecular weight excluding hydrogens is 400 g/mol. The van der Waals surface area contributed by atoms with Gasteiger partial charge in [0.1, 0.15) is 12.9 Å². The minimum Gasteiger partial charge on any atom is -0.493 e. The molecule has 9 heteroatoms. The first-order chi connectivity index (χ1) is 13.7. The summed E-state index contributed by atoms with van der Waals surface area (Å²) in [4.78, 5) is 12.1. The molecule has 0 bridgehead atoms. The topological polar surface area (TPSA) is 78.3 Å².